The molecule has 0 atom stereocenters. The van der Waals surface area contributed by atoms with Gasteiger partial charge in [0, 0.05) is 11.8 Å². The van der Waals surface area contributed by atoms with Gasteiger partial charge in [-0.05, 0) is 36.2 Å². The fraction of sp³-hybridized carbons (Fsp3) is 0.222. The first-order valence-electron chi connectivity index (χ1n) is 8.16. The zero-order valence-electron chi connectivity index (χ0n) is 14.8. The predicted octanol–water partition coefficient (Wildman–Crippen LogP) is 2.13. The third kappa shape index (κ3) is 3.87. The highest BCUT2D eigenvalue weighted by molar-refractivity contribution is 7.92. The highest BCUT2D eigenvalue weighted by atomic mass is 32.2. The summed E-state index contributed by atoms with van der Waals surface area (Å²) in [6.45, 7) is 1.69. The number of sulfonamides is 1. The summed E-state index contributed by atoms with van der Waals surface area (Å²) in [5.41, 5.74) is 1.88. The van der Waals surface area contributed by atoms with Crippen LogP contribution in [0.25, 0.3) is 11.1 Å². The van der Waals surface area contributed by atoms with Gasteiger partial charge in [-0.1, -0.05) is 19.1 Å². The number of aromatic nitrogens is 1. The van der Waals surface area contributed by atoms with Crippen LogP contribution in [0.5, 0.6) is 0 Å². The maximum atomic E-state index is 12.6. The number of anilines is 1. The number of benzene rings is 2. The molecule has 0 amide bonds. The Morgan fingerprint density at radius 1 is 1.19 bits per heavy atom. The van der Waals surface area contributed by atoms with Crippen molar-refractivity contribution in [1.82, 2.24) is 4.57 Å². The van der Waals surface area contributed by atoms with Crippen molar-refractivity contribution in [3.05, 3.63) is 58.6 Å². The summed E-state index contributed by atoms with van der Waals surface area (Å²) in [5, 5.41) is 0. The van der Waals surface area contributed by atoms with Crippen LogP contribution < -0.4 is 10.5 Å². The van der Waals surface area contributed by atoms with Gasteiger partial charge in [-0.25, -0.2) is 13.2 Å². The highest BCUT2D eigenvalue weighted by Gasteiger charge is 2.19. The molecule has 0 aliphatic carbocycles. The third-order valence-electron chi connectivity index (χ3n) is 4.08. The normalized spacial score (nSPS) is 11.5. The Labute approximate surface area is 155 Å². The van der Waals surface area contributed by atoms with Crippen molar-refractivity contribution in [2.75, 3.05) is 11.8 Å². The van der Waals surface area contributed by atoms with Gasteiger partial charge in [0.2, 0.25) is 0 Å². The molecule has 0 aliphatic heterocycles. The molecule has 1 aromatic heterocycles. The Morgan fingerprint density at radius 3 is 2.52 bits per heavy atom. The van der Waals surface area contributed by atoms with Crippen LogP contribution in [0.2, 0.25) is 0 Å². The number of methoxy groups -OCH3 is 1. The van der Waals surface area contributed by atoms with Crippen LogP contribution in [0.3, 0.4) is 0 Å². The second-order valence-electron chi connectivity index (χ2n) is 5.82. The SMILES string of the molecule is CCc1ccc(NS(=O)(=O)c2ccc3c(c2)oc(=O)n3CC(=O)OC)cc1. The molecule has 1 heterocycles. The Hall–Kier alpha value is -3.07. The number of esters is 1. The van der Waals surface area contributed by atoms with Crippen LogP contribution in [0.1, 0.15) is 12.5 Å². The van der Waals surface area contributed by atoms with Crippen LogP contribution in [0.15, 0.2) is 56.6 Å². The molecule has 142 valence electrons. The molecule has 0 saturated heterocycles. The largest absolute Gasteiger partial charge is 0.468 e. The number of hydrogen-bond acceptors (Lipinski definition) is 6. The van der Waals surface area contributed by atoms with Crippen molar-refractivity contribution in [2.45, 2.75) is 24.8 Å². The molecule has 8 nitrogen and oxygen atoms in total. The Morgan fingerprint density at radius 2 is 1.89 bits per heavy atom. The second kappa shape index (κ2) is 7.28. The molecule has 0 aliphatic rings. The number of oxazole rings is 1. The van der Waals surface area contributed by atoms with Gasteiger partial charge in [0.25, 0.3) is 10.0 Å². The smallest absolute Gasteiger partial charge is 0.420 e. The van der Waals surface area contributed by atoms with E-state index in [0.29, 0.717) is 11.2 Å². The standard InChI is InChI=1S/C18H18N2O6S/c1-3-12-4-6-13(7-5-12)19-27(23,24)14-8-9-15-16(10-14)26-18(22)20(15)11-17(21)25-2/h4-10,19H,3,11H2,1-2H3. The number of nitrogens with one attached hydrogen (secondary N) is 1. The average Bonchev–Trinajstić information content (AvgIpc) is 2.96. The number of carbonyl (C=O) groups excluding carboxylic acids is 1. The van der Waals surface area contributed by atoms with E-state index in [1.54, 1.807) is 12.1 Å². The lowest BCUT2D eigenvalue weighted by molar-refractivity contribution is -0.141. The molecule has 9 heteroatoms. The molecule has 3 rings (SSSR count). The maximum absolute atomic E-state index is 12.6. The summed E-state index contributed by atoms with van der Waals surface area (Å²) in [4.78, 5) is 23.3. The van der Waals surface area contributed by atoms with Crippen molar-refractivity contribution >= 4 is 32.8 Å². The molecule has 27 heavy (non-hydrogen) atoms. The van der Waals surface area contributed by atoms with Gasteiger partial charge >= 0.3 is 11.7 Å². The van der Waals surface area contributed by atoms with Crippen LogP contribution in [0, 0.1) is 0 Å². The fourth-order valence-electron chi connectivity index (χ4n) is 2.58. The first kappa shape index (κ1) is 18.7. The minimum absolute atomic E-state index is 0.0615. The third-order valence-corrected chi connectivity index (χ3v) is 5.46. The van der Waals surface area contributed by atoms with E-state index < -0.39 is 21.7 Å². The number of aryl methyl sites for hydroxylation is 1. The van der Waals surface area contributed by atoms with Gasteiger partial charge in [0.05, 0.1) is 17.5 Å². The summed E-state index contributed by atoms with van der Waals surface area (Å²) in [6.07, 6.45) is 0.852. The molecule has 0 radical (unpaired) electrons. The summed E-state index contributed by atoms with van der Waals surface area (Å²) in [7, 11) is -2.66. The van der Waals surface area contributed by atoms with E-state index in [0.717, 1.165) is 16.6 Å². The second-order valence-corrected chi connectivity index (χ2v) is 7.50. The van der Waals surface area contributed by atoms with Gasteiger partial charge in [0.1, 0.15) is 6.54 Å². The van der Waals surface area contributed by atoms with Crippen LogP contribution in [0.4, 0.5) is 5.69 Å². The van der Waals surface area contributed by atoms with E-state index in [2.05, 4.69) is 9.46 Å². The monoisotopic (exact) mass is 390 g/mol. The first-order valence-corrected chi connectivity index (χ1v) is 9.64. The van der Waals surface area contributed by atoms with Crippen molar-refractivity contribution in [3.8, 4) is 0 Å². The molecule has 0 saturated carbocycles. The summed E-state index contributed by atoms with van der Waals surface area (Å²) in [5.74, 6) is -1.39. The van der Waals surface area contributed by atoms with Gasteiger partial charge in [-0.3, -0.25) is 14.1 Å². The van der Waals surface area contributed by atoms with Crippen LogP contribution in [-0.4, -0.2) is 26.1 Å². The Kier molecular flexibility index (Phi) is 5.04. The quantitative estimate of drug-likeness (QED) is 0.646. The topological polar surface area (TPSA) is 108 Å². The van der Waals surface area contributed by atoms with E-state index in [-0.39, 0.29) is 17.0 Å². The molecular formula is C18H18N2O6S. The zero-order valence-corrected chi connectivity index (χ0v) is 15.6. The molecule has 0 bridgehead atoms. The van der Waals surface area contributed by atoms with E-state index in [9.17, 15) is 18.0 Å². The number of rotatable bonds is 6. The molecule has 1 N–H and O–H groups in total. The fourth-order valence-corrected chi connectivity index (χ4v) is 3.65. The molecule has 0 fully saturated rings. The minimum atomic E-state index is -3.87. The van der Waals surface area contributed by atoms with Gasteiger partial charge < -0.3 is 9.15 Å². The maximum Gasteiger partial charge on any atom is 0.420 e. The summed E-state index contributed by atoms with van der Waals surface area (Å²) in [6, 6.07) is 11.0. The van der Waals surface area contributed by atoms with Crippen LogP contribution in [-0.2, 0) is 32.5 Å². The van der Waals surface area contributed by atoms with Crippen molar-refractivity contribution < 1.29 is 22.4 Å². The van der Waals surface area contributed by atoms with E-state index in [1.165, 1.54) is 25.3 Å². The van der Waals surface area contributed by atoms with E-state index >= 15 is 0 Å². The summed E-state index contributed by atoms with van der Waals surface area (Å²) < 4.78 is 38.4. The molecular weight excluding hydrogens is 372 g/mol. The predicted molar refractivity (Wildman–Crippen MR) is 99.1 cm³/mol. The number of carbonyl (C=O) groups is 1. The lowest BCUT2D eigenvalue weighted by Crippen LogP contribution is -2.20. The van der Waals surface area contributed by atoms with E-state index in [1.807, 2.05) is 19.1 Å². The van der Waals surface area contributed by atoms with Crippen molar-refractivity contribution in [1.29, 1.82) is 0 Å². The molecule has 0 unspecified atom stereocenters. The lowest BCUT2D eigenvalue weighted by Gasteiger charge is -2.09. The molecule has 0 spiro atoms. The average molecular weight is 390 g/mol. The first-order chi connectivity index (χ1) is 12.8. The van der Waals surface area contributed by atoms with Crippen LogP contribution >= 0.6 is 0 Å². The zero-order chi connectivity index (χ0) is 19.6. The Bertz CT molecular complexity index is 1140. The number of nitrogens with zero attached hydrogens (tertiary/aromatic N) is 1. The number of fused-ring (bicyclic) bond motifs is 1. The number of ether oxygens (including phenoxy) is 1. The van der Waals surface area contributed by atoms with Crippen molar-refractivity contribution in [2.24, 2.45) is 0 Å². The van der Waals surface area contributed by atoms with Gasteiger partial charge in [-0.2, -0.15) is 0 Å². The van der Waals surface area contributed by atoms with Gasteiger partial charge in [-0.15, -0.1) is 0 Å². The highest BCUT2D eigenvalue weighted by Crippen LogP contribution is 2.21. The minimum Gasteiger partial charge on any atom is -0.468 e. The summed E-state index contributed by atoms with van der Waals surface area (Å²) >= 11 is 0. The number of hydrogen-bond donors (Lipinski definition) is 1. The molecule has 2 aromatic carbocycles. The van der Waals surface area contributed by atoms with E-state index in [4.69, 9.17) is 4.42 Å². The lowest BCUT2D eigenvalue weighted by atomic mass is 10.2. The van der Waals surface area contributed by atoms with Gasteiger partial charge in [0.15, 0.2) is 5.58 Å². The van der Waals surface area contributed by atoms with Crippen molar-refractivity contribution in [3.63, 3.8) is 0 Å². The Balaban J connectivity index is 1.93. The molecule has 3 aromatic rings.